The first-order valence-corrected chi connectivity index (χ1v) is 8.03. The van der Waals surface area contributed by atoms with Crippen molar-refractivity contribution < 1.29 is 0 Å². The zero-order valence-corrected chi connectivity index (χ0v) is 13.3. The summed E-state index contributed by atoms with van der Waals surface area (Å²) in [7, 11) is 0. The maximum absolute atomic E-state index is 6.01. The maximum atomic E-state index is 6.01. The third kappa shape index (κ3) is 3.14. The molecule has 0 amide bonds. The first-order valence-electron chi connectivity index (χ1n) is 7.65. The van der Waals surface area contributed by atoms with Gasteiger partial charge in [0.1, 0.15) is 0 Å². The van der Waals surface area contributed by atoms with Crippen molar-refractivity contribution in [1.82, 2.24) is 15.1 Å². The molecule has 1 saturated heterocycles. The Hall–Kier alpha value is -1.32. The Bertz CT molecular complexity index is 588. The third-order valence-electron chi connectivity index (χ3n) is 4.36. The van der Waals surface area contributed by atoms with Crippen molar-refractivity contribution in [3.63, 3.8) is 0 Å². The van der Waals surface area contributed by atoms with E-state index in [4.69, 9.17) is 11.6 Å². The topological polar surface area (TPSA) is 29.9 Å². The van der Waals surface area contributed by atoms with Crippen molar-refractivity contribution in [3.8, 4) is 0 Å². The fourth-order valence-electron chi connectivity index (χ4n) is 3.14. The van der Waals surface area contributed by atoms with Crippen LogP contribution < -0.4 is 5.32 Å². The number of benzene rings is 1. The van der Waals surface area contributed by atoms with Gasteiger partial charge in [0.25, 0.3) is 0 Å². The van der Waals surface area contributed by atoms with Gasteiger partial charge in [0.2, 0.25) is 0 Å². The van der Waals surface area contributed by atoms with Gasteiger partial charge in [-0.05, 0) is 56.0 Å². The molecule has 2 atom stereocenters. The molecular weight excluding hydrogens is 282 g/mol. The van der Waals surface area contributed by atoms with E-state index in [0.29, 0.717) is 17.9 Å². The summed E-state index contributed by atoms with van der Waals surface area (Å²) in [6.45, 7) is 6.41. The van der Waals surface area contributed by atoms with E-state index < -0.39 is 0 Å². The molecule has 0 spiro atoms. The Kier molecular flexibility index (Phi) is 4.32. The Morgan fingerprint density at radius 1 is 1.19 bits per heavy atom. The van der Waals surface area contributed by atoms with Gasteiger partial charge in [0, 0.05) is 29.7 Å². The highest BCUT2D eigenvalue weighted by Gasteiger charge is 2.28. The first kappa shape index (κ1) is 14.6. The van der Waals surface area contributed by atoms with Gasteiger partial charge in [-0.3, -0.25) is 4.68 Å². The van der Waals surface area contributed by atoms with Crippen LogP contribution in [0.2, 0.25) is 5.02 Å². The number of hydrogen-bond acceptors (Lipinski definition) is 2. The van der Waals surface area contributed by atoms with Crippen LogP contribution in [-0.4, -0.2) is 22.9 Å². The van der Waals surface area contributed by atoms with Gasteiger partial charge in [-0.25, -0.2) is 0 Å². The molecule has 21 heavy (non-hydrogen) atoms. The third-order valence-corrected chi connectivity index (χ3v) is 4.61. The number of rotatable bonds is 3. The summed E-state index contributed by atoms with van der Waals surface area (Å²) < 4.78 is 2.05. The molecule has 1 aromatic heterocycles. The first-order chi connectivity index (χ1) is 10.1. The van der Waals surface area contributed by atoms with Crippen molar-refractivity contribution in [2.45, 2.75) is 38.1 Å². The van der Waals surface area contributed by atoms with Crippen molar-refractivity contribution in [2.75, 3.05) is 13.1 Å². The average Bonchev–Trinajstić information content (AvgIpc) is 2.98. The van der Waals surface area contributed by atoms with E-state index in [1.807, 2.05) is 18.3 Å². The van der Waals surface area contributed by atoms with Gasteiger partial charge in [-0.15, -0.1) is 0 Å². The Labute approximate surface area is 131 Å². The standard InChI is InChI=1S/C17H22ClN3/c1-12(2)21-11-14(9-20-21)16-7-8-19-10-17(16)13-3-5-15(18)6-4-13/h3-6,9,11-12,16-17,19H,7-8,10H2,1-2H3. The van der Waals surface area contributed by atoms with Crippen LogP contribution in [0.5, 0.6) is 0 Å². The highest BCUT2D eigenvalue weighted by Crippen LogP contribution is 2.37. The minimum Gasteiger partial charge on any atom is -0.316 e. The van der Waals surface area contributed by atoms with Crippen LogP contribution in [0.4, 0.5) is 0 Å². The molecule has 0 radical (unpaired) electrons. The second-order valence-corrected chi connectivity index (χ2v) is 6.54. The van der Waals surface area contributed by atoms with Crippen LogP contribution in [-0.2, 0) is 0 Å². The predicted octanol–water partition coefficient (Wildman–Crippen LogP) is 3.98. The summed E-state index contributed by atoms with van der Waals surface area (Å²) >= 11 is 6.01. The highest BCUT2D eigenvalue weighted by atomic mass is 35.5. The number of aromatic nitrogens is 2. The zero-order chi connectivity index (χ0) is 14.8. The van der Waals surface area contributed by atoms with E-state index in [2.05, 4.69) is 47.3 Å². The summed E-state index contributed by atoms with van der Waals surface area (Å²) in [5.74, 6) is 1.01. The fraction of sp³-hybridized carbons (Fsp3) is 0.471. The molecule has 112 valence electrons. The van der Waals surface area contributed by atoms with Gasteiger partial charge >= 0.3 is 0 Å². The SMILES string of the molecule is CC(C)n1cc(C2CCNCC2c2ccc(Cl)cc2)cn1. The zero-order valence-electron chi connectivity index (χ0n) is 12.6. The lowest BCUT2D eigenvalue weighted by Gasteiger charge is -2.32. The molecule has 1 aromatic carbocycles. The number of nitrogens with one attached hydrogen (secondary N) is 1. The minimum atomic E-state index is 0.412. The second-order valence-electron chi connectivity index (χ2n) is 6.10. The molecule has 0 aliphatic carbocycles. The van der Waals surface area contributed by atoms with Crippen LogP contribution in [0, 0.1) is 0 Å². The number of hydrogen-bond donors (Lipinski definition) is 1. The summed E-state index contributed by atoms with van der Waals surface area (Å²) in [4.78, 5) is 0. The molecule has 2 unspecified atom stereocenters. The monoisotopic (exact) mass is 303 g/mol. The molecule has 1 aliphatic rings. The van der Waals surface area contributed by atoms with Crippen molar-refractivity contribution in [1.29, 1.82) is 0 Å². The summed E-state index contributed by atoms with van der Waals surface area (Å²) in [5.41, 5.74) is 2.71. The van der Waals surface area contributed by atoms with E-state index >= 15 is 0 Å². The fourth-order valence-corrected chi connectivity index (χ4v) is 3.27. The number of piperidine rings is 1. The molecule has 1 N–H and O–H groups in total. The van der Waals surface area contributed by atoms with Crippen LogP contribution in [0.3, 0.4) is 0 Å². The normalized spacial score (nSPS) is 22.7. The van der Waals surface area contributed by atoms with E-state index in [1.54, 1.807) is 0 Å². The molecule has 1 fully saturated rings. The summed E-state index contributed by atoms with van der Waals surface area (Å²) in [5, 5.41) is 8.82. The molecule has 3 rings (SSSR count). The van der Waals surface area contributed by atoms with Gasteiger partial charge in [-0.2, -0.15) is 5.10 Å². The Balaban J connectivity index is 1.88. The second kappa shape index (κ2) is 6.20. The van der Waals surface area contributed by atoms with E-state index in [-0.39, 0.29) is 0 Å². The van der Waals surface area contributed by atoms with E-state index in [9.17, 15) is 0 Å². The average molecular weight is 304 g/mol. The van der Waals surface area contributed by atoms with Crippen molar-refractivity contribution >= 4 is 11.6 Å². The molecule has 0 bridgehead atoms. The largest absolute Gasteiger partial charge is 0.316 e. The van der Waals surface area contributed by atoms with Gasteiger partial charge in [-0.1, -0.05) is 23.7 Å². The molecule has 1 aliphatic heterocycles. The maximum Gasteiger partial charge on any atom is 0.0524 e. The van der Waals surface area contributed by atoms with Crippen LogP contribution >= 0.6 is 11.6 Å². The highest BCUT2D eigenvalue weighted by molar-refractivity contribution is 6.30. The smallest absolute Gasteiger partial charge is 0.0524 e. The van der Waals surface area contributed by atoms with Crippen LogP contribution in [0.15, 0.2) is 36.7 Å². The molecule has 2 heterocycles. The Morgan fingerprint density at radius 2 is 1.95 bits per heavy atom. The predicted molar refractivity (Wildman–Crippen MR) is 87.0 cm³/mol. The lowest BCUT2D eigenvalue weighted by Crippen LogP contribution is -2.33. The van der Waals surface area contributed by atoms with Gasteiger partial charge < -0.3 is 5.32 Å². The van der Waals surface area contributed by atoms with Gasteiger partial charge in [0.15, 0.2) is 0 Å². The van der Waals surface area contributed by atoms with E-state index in [1.165, 1.54) is 11.1 Å². The lowest BCUT2D eigenvalue weighted by atomic mass is 9.78. The van der Waals surface area contributed by atoms with Crippen molar-refractivity contribution in [3.05, 3.63) is 52.8 Å². The summed E-state index contributed by atoms with van der Waals surface area (Å²) in [6, 6.07) is 8.69. The number of halogens is 1. The molecular formula is C17H22ClN3. The van der Waals surface area contributed by atoms with Crippen LogP contribution in [0.25, 0.3) is 0 Å². The van der Waals surface area contributed by atoms with E-state index in [0.717, 1.165) is 24.5 Å². The minimum absolute atomic E-state index is 0.412. The quantitative estimate of drug-likeness (QED) is 0.929. The Morgan fingerprint density at radius 3 is 2.62 bits per heavy atom. The molecule has 4 heteroatoms. The molecule has 2 aromatic rings. The van der Waals surface area contributed by atoms with Crippen molar-refractivity contribution in [2.24, 2.45) is 0 Å². The lowest BCUT2D eigenvalue weighted by molar-refractivity contribution is 0.403. The molecule has 3 nitrogen and oxygen atoms in total. The molecule has 0 saturated carbocycles. The number of nitrogens with zero attached hydrogens (tertiary/aromatic N) is 2. The van der Waals surface area contributed by atoms with Crippen LogP contribution in [0.1, 0.15) is 49.3 Å². The summed E-state index contributed by atoms with van der Waals surface area (Å²) in [6.07, 6.45) is 5.40. The van der Waals surface area contributed by atoms with Gasteiger partial charge in [0.05, 0.1) is 6.20 Å².